The minimum atomic E-state index is -4.83. The first kappa shape index (κ1) is 28.3. The monoisotopic (exact) mass is 590 g/mol. The number of ether oxygens (including phenoxy) is 1. The number of nitro groups is 1. The van der Waals surface area contributed by atoms with Crippen molar-refractivity contribution in [3.05, 3.63) is 85.2 Å². The highest BCUT2D eigenvalue weighted by Gasteiger charge is 2.45. The number of carboxylic acids is 1. The molecule has 0 radical (unpaired) electrons. The fourth-order valence-corrected chi connectivity index (χ4v) is 5.91. The van der Waals surface area contributed by atoms with Gasteiger partial charge in [-0.15, -0.1) is 0 Å². The molecule has 0 saturated heterocycles. The average molecular weight is 591 g/mol. The van der Waals surface area contributed by atoms with E-state index in [9.17, 15) is 42.8 Å². The van der Waals surface area contributed by atoms with E-state index in [1.54, 1.807) is 0 Å². The summed E-state index contributed by atoms with van der Waals surface area (Å²) in [5.74, 6) is -3.26. The van der Waals surface area contributed by atoms with E-state index in [0.29, 0.717) is 49.2 Å². The molecule has 1 heterocycles. The summed E-state index contributed by atoms with van der Waals surface area (Å²) in [6.07, 6.45) is -2.77. The van der Waals surface area contributed by atoms with Crippen LogP contribution >= 0.6 is 11.6 Å². The molecule has 2 aliphatic carbocycles. The van der Waals surface area contributed by atoms with Crippen LogP contribution < -0.4 is 4.74 Å². The Morgan fingerprint density at radius 2 is 1.59 bits per heavy atom. The lowest BCUT2D eigenvalue weighted by atomic mass is 9.70. The lowest BCUT2D eigenvalue weighted by molar-refractivity contribution is -0.385. The highest BCUT2D eigenvalue weighted by atomic mass is 35.5. The number of Topliss-reactive ketones (excluding diaryl/α,β-unsaturated/α-hetero) is 2. The largest absolute Gasteiger partial charge is 0.480 e. The highest BCUT2D eigenvalue weighted by Crippen LogP contribution is 2.52. The van der Waals surface area contributed by atoms with E-state index in [0.717, 1.165) is 6.07 Å². The molecule has 0 fully saturated rings. The Bertz CT molecular complexity index is 1520. The third-order valence-corrected chi connectivity index (χ3v) is 7.60. The van der Waals surface area contributed by atoms with Crippen molar-refractivity contribution in [1.82, 2.24) is 4.90 Å². The third kappa shape index (κ3) is 5.31. The van der Waals surface area contributed by atoms with Gasteiger partial charge in [0.25, 0.3) is 0 Å². The van der Waals surface area contributed by atoms with Crippen LogP contribution in [-0.2, 0) is 20.6 Å². The summed E-state index contributed by atoms with van der Waals surface area (Å²) < 4.78 is 45.6. The van der Waals surface area contributed by atoms with Crippen molar-refractivity contribution in [2.75, 3.05) is 6.54 Å². The van der Waals surface area contributed by atoms with Gasteiger partial charge in [0.1, 0.15) is 12.3 Å². The number of carbonyl (C=O) groups excluding carboxylic acids is 2. The molecule has 214 valence electrons. The van der Waals surface area contributed by atoms with E-state index in [1.807, 2.05) is 0 Å². The fraction of sp³-hybridized carbons (Fsp3) is 0.321. The molecule has 0 unspecified atom stereocenters. The van der Waals surface area contributed by atoms with Crippen molar-refractivity contribution >= 4 is 34.8 Å². The van der Waals surface area contributed by atoms with Crippen LogP contribution in [0.2, 0.25) is 5.02 Å². The van der Waals surface area contributed by atoms with Gasteiger partial charge in [-0.3, -0.25) is 24.5 Å². The second-order valence-corrected chi connectivity index (χ2v) is 10.3. The van der Waals surface area contributed by atoms with Crippen molar-refractivity contribution < 1.29 is 42.3 Å². The maximum Gasteiger partial charge on any atom is 0.416 e. The Morgan fingerprint density at radius 3 is 2.12 bits per heavy atom. The van der Waals surface area contributed by atoms with Gasteiger partial charge < -0.3 is 14.7 Å². The standard InChI is InChI=1S/C28H22ClF3N2O7/c29-15-8-10-22(41-23-9-7-14(28(30,31)32)11-19(23)34(39)40)16(12-15)25-26-17(3-1-5-20(26)35)33(13-24(37)38)18-4-2-6-21(36)27(18)25/h7-12,25H,1-6,13H2,(H,37,38). The zero-order valence-corrected chi connectivity index (χ0v) is 22.1. The number of carboxylic acid groups (broad SMARTS) is 1. The van der Waals surface area contributed by atoms with E-state index in [2.05, 4.69) is 0 Å². The Labute approximate surface area is 236 Å². The summed E-state index contributed by atoms with van der Waals surface area (Å²) in [5.41, 5.74) is -0.543. The first-order valence-corrected chi connectivity index (χ1v) is 13.1. The number of allylic oxidation sites excluding steroid dienone is 4. The molecule has 0 atom stereocenters. The molecule has 0 amide bonds. The number of benzene rings is 2. The zero-order chi connectivity index (χ0) is 29.6. The van der Waals surface area contributed by atoms with E-state index in [1.165, 1.54) is 23.1 Å². The molecule has 5 rings (SSSR count). The second-order valence-electron chi connectivity index (χ2n) is 9.91. The van der Waals surface area contributed by atoms with E-state index >= 15 is 0 Å². The van der Waals surface area contributed by atoms with Gasteiger partial charge in [0, 0.05) is 58.0 Å². The van der Waals surface area contributed by atoms with Gasteiger partial charge in [-0.2, -0.15) is 13.2 Å². The van der Waals surface area contributed by atoms with Crippen molar-refractivity contribution in [1.29, 1.82) is 0 Å². The van der Waals surface area contributed by atoms with Crippen LogP contribution in [0, 0.1) is 10.1 Å². The average Bonchev–Trinajstić information content (AvgIpc) is 2.89. The summed E-state index contributed by atoms with van der Waals surface area (Å²) in [7, 11) is 0. The Morgan fingerprint density at radius 1 is 1.00 bits per heavy atom. The van der Waals surface area contributed by atoms with Crippen molar-refractivity contribution in [3.8, 4) is 11.5 Å². The van der Waals surface area contributed by atoms with Gasteiger partial charge in [-0.25, -0.2) is 0 Å². The zero-order valence-electron chi connectivity index (χ0n) is 21.3. The molecule has 2 aromatic carbocycles. The SMILES string of the molecule is O=C(O)CN1C2=C(C(=O)CCC2)C(c2cc(Cl)ccc2Oc2ccc(C(F)(F)F)cc2[N+](=O)[O-])C2=C1CCCC2=O. The highest BCUT2D eigenvalue weighted by molar-refractivity contribution is 6.30. The molecule has 0 aromatic heterocycles. The Kier molecular flexibility index (Phi) is 7.37. The fourth-order valence-electron chi connectivity index (χ4n) is 5.73. The van der Waals surface area contributed by atoms with E-state index in [4.69, 9.17) is 16.3 Å². The van der Waals surface area contributed by atoms with Gasteiger partial charge in [0.05, 0.1) is 10.5 Å². The number of carbonyl (C=O) groups is 3. The predicted octanol–water partition coefficient (Wildman–Crippen LogP) is 6.56. The molecule has 13 heteroatoms. The summed E-state index contributed by atoms with van der Waals surface area (Å²) in [4.78, 5) is 50.9. The lowest BCUT2D eigenvalue weighted by Gasteiger charge is -2.43. The predicted molar refractivity (Wildman–Crippen MR) is 138 cm³/mol. The number of nitrogens with zero attached hydrogens (tertiary/aromatic N) is 2. The number of halogens is 4. The maximum absolute atomic E-state index is 13.4. The number of nitro benzene ring substituents is 1. The molecule has 1 N–H and O–H groups in total. The number of rotatable bonds is 6. The van der Waals surface area contributed by atoms with Gasteiger partial charge in [0.2, 0.25) is 5.75 Å². The molecule has 0 spiro atoms. The Balaban J connectivity index is 1.71. The number of alkyl halides is 3. The first-order chi connectivity index (χ1) is 19.4. The van der Waals surface area contributed by atoms with Gasteiger partial charge in [-0.1, -0.05) is 11.6 Å². The van der Waals surface area contributed by atoms with Crippen molar-refractivity contribution in [2.45, 2.75) is 50.6 Å². The Hall–Kier alpha value is -4.19. The molecule has 0 saturated carbocycles. The molecule has 9 nitrogen and oxygen atoms in total. The third-order valence-electron chi connectivity index (χ3n) is 7.37. The quantitative estimate of drug-likeness (QED) is 0.296. The van der Waals surface area contributed by atoms with Crippen molar-refractivity contribution in [2.24, 2.45) is 0 Å². The molecule has 1 aliphatic heterocycles. The normalized spacial score (nSPS) is 17.9. The minimum Gasteiger partial charge on any atom is -0.480 e. The first-order valence-electron chi connectivity index (χ1n) is 12.7. The van der Waals surface area contributed by atoms with Crippen molar-refractivity contribution in [3.63, 3.8) is 0 Å². The summed E-state index contributed by atoms with van der Waals surface area (Å²) >= 11 is 6.33. The molecule has 3 aliphatic rings. The van der Waals surface area contributed by atoms with Crippen LogP contribution in [0.3, 0.4) is 0 Å². The minimum absolute atomic E-state index is 0.0515. The topological polar surface area (TPSA) is 127 Å². The van der Waals surface area contributed by atoms with Crippen LogP contribution in [-0.4, -0.2) is 39.0 Å². The summed E-state index contributed by atoms with van der Waals surface area (Å²) in [6.45, 7) is -0.443. The number of ketones is 2. The van der Waals surface area contributed by atoms with Crippen LogP contribution in [0.25, 0.3) is 0 Å². The van der Waals surface area contributed by atoms with E-state index < -0.39 is 46.5 Å². The van der Waals surface area contributed by atoms with Gasteiger partial charge in [0.15, 0.2) is 11.6 Å². The molecule has 2 aromatic rings. The molecule has 0 bridgehead atoms. The maximum atomic E-state index is 13.4. The van der Waals surface area contributed by atoms with Crippen LogP contribution in [0.5, 0.6) is 11.5 Å². The molecular formula is C28H22ClF3N2O7. The number of hydrogen-bond donors (Lipinski definition) is 1. The van der Waals surface area contributed by atoms with Gasteiger partial charge >= 0.3 is 17.8 Å². The van der Waals surface area contributed by atoms with Crippen LogP contribution in [0.15, 0.2) is 58.9 Å². The van der Waals surface area contributed by atoms with E-state index in [-0.39, 0.29) is 51.9 Å². The number of hydrogen-bond acceptors (Lipinski definition) is 7. The van der Waals surface area contributed by atoms with Crippen LogP contribution in [0.1, 0.15) is 55.6 Å². The lowest BCUT2D eigenvalue weighted by Crippen LogP contribution is -2.41. The molecular weight excluding hydrogens is 569 g/mol. The second kappa shape index (κ2) is 10.7. The smallest absolute Gasteiger partial charge is 0.416 e. The summed E-state index contributed by atoms with van der Waals surface area (Å²) in [5, 5.41) is 21.5. The van der Waals surface area contributed by atoms with Gasteiger partial charge in [-0.05, 0) is 56.0 Å². The van der Waals surface area contributed by atoms with Crippen LogP contribution in [0.4, 0.5) is 18.9 Å². The summed E-state index contributed by atoms with van der Waals surface area (Å²) in [6, 6.07) is 6.07. The number of aliphatic carboxylic acids is 1. The molecule has 41 heavy (non-hydrogen) atoms.